The van der Waals surface area contributed by atoms with Crippen LogP contribution in [-0.2, 0) is 22.6 Å². The maximum atomic E-state index is 12.3. The molecule has 1 unspecified atom stereocenters. The predicted octanol–water partition coefficient (Wildman–Crippen LogP) is 4.57. The maximum Gasteiger partial charge on any atom is 0.408 e. The number of carboxylic acids is 1. The molecule has 0 heterocycles. The topological polar surface area (TPSA) is 84.9 Å². The molecule has 30 heavy (non-hydrogen) atoms. The Morgan fingerprint density at radius 3 is 2.40 bits per heavy atom. The molecule has 1 fully saturated rings. The summed E-state index contributed by atoms with van der Waals surface area (Å²) in [6.45, 7) is 4.32. The van der Waals surface area contributed by atoms with Crippen molar-refractivity contribution in [2.45, 2.75) is 57.8 Å². The minimum atomic E-state index is -1.05. The summed E-state index contributed by atoms with van der Waals surface area (Å²) in [4.78, 5) is 23.7. The van der Waals surface area contributed by atoms with E-state index in [-0.39, 0.29) is 5.92 Å². The highest BCUT2D eigenvalue weighted by Crippen LogP contribution is 2.43. The predicted molar refractivity (Wildman–Crippen MR) is 113 cm³/mol. The summed E-state index contributed by atoms with van der Waals surface area (Å²) in [6, 6.07) is 16.8. The second kappa shape index (κ2) is 9.65. The van der Waals surface area contributed by atoms with Gasteiger partial charge < -0.3 is 19.9 Å². The molecule has 0 spiro atoms. The lowest BCUT2D eigenvalue weighted by Crippen LogP contribution is -2.43. The maximum absolute atomic E-state index is 12.3. The zero-order valence-corrected chi connectivity index (χ0v) is 17.5. The quantitative estimate of drug-likeness (QED) is 0.598. The number of nitrogens with one attached hydrogen (secondary N) is 1. The van der Waals surface area contributed by atoms with Crippen molar-refractivity contribution in [3.8, 4) is 5.75 Å². The Labute approximate surface area is 177 Å². The first-order valence-electron chi connectivity index (χ1n) is 10.3. The van der Waals surface area contributed by atoms with E-state index in [1.807, 2.05) is 68.4 Å². The number of aliphatic carboxylic acids is 1. The van der Waals surface area contributed by atoms with Gasteiger partial charge in [-0.3, -0.25) is 0 Å². The van der Waals surface area contributed by atoms with Gasteiger partial charge in [0, 0.05) is 6.42 Å². The molecule has 0 aliphatic heterocycles. The van der Waals surface area contributed by atoms with Crippen molar-refractivity contribution in [3.05, 3.63) is 65.7 Å². The van der Waals surface area contributed by atoms with Gasteiger partial charge in [0.15, 0.2) is 0 Å². The van der Waals surface area contributed by atoms with Crippen molar-refractivity contribution in [1.82, 2.24) is 5.32 Å². The van der Waals surface area contributed by atoms with E-state index >= 15 is 0 Å². The van der Waals surface area contributed by atoms with Crippen LogP contribution >= 0.6 is 0 Å². The second-order valence-electron chi connectivity index (χ2n) is 8.34. The van der Waals surface area contributed by atoms with Crippen LogP contribution in [0, 0.1) is 5.92 Å². The van der Waals surface area contributed by atoms with Crippen molar-refractivity contribution in [2.24, 2.45) is 5.92 Å². The Morgan fingerprint density at radius 2 is 1.77 bits per heavy atom. The lowest BCUT2D eigenvalue weighted by atomic mass is 10.0. The average Bonchev–Trinajstić information content (AvgIpc) is 3.45. The second-order valence-corrected chi connectivity index (χ2v) is 8.34. The fourth-order valence-corrected chi connectivity index (χ4v) is 3.37. The molecule has 1 atom stereocenters. The van der Waals surface area contributed by atoms with Crippen molar-refractivity contribution in [3.63, 3.8) is 0 Å². The number of carbonyl (C=O) groups is 2. The molecule has 6 heteroatoms. The first kappa shape index (κ1) is 21.7. The summed E-state index contributed by atoms with van der Waals surface area (Å²) in [5.41, 5.74) is 1.54. The van der Waals surface area contributed by atoms with E-state index in [9.17, 15) is 14.7 Å². The number of carboxylic acid groups (broad SMARTS) is 1. The standard InChI is InChI=1S/C24H29NO5/c1-17(2)13-21(22(26)27)25-23(28)30-24(11-12-24)15-19-9-6-10-20(14-19)29-16-18-7-4-3-5-8-18/h3-10,14,17,21H,11-13,15-16H2,1-2H3,(H,25,28)(H,26,27). The van der Waals surface area contributed by atoms with Crippen LogP contribution < -0.4 is 10.1 Å². The van der Waals surface area contributed by atoms with E-state index in [2.05, 4.69) is 5.32 Å². The minimum absolute atomic E-state index is 0.153. The average molecular weight is 411 g/mol. The van der Waals surface area contributed by atoms with Crippen LogP contribution in [0.1, 0.15) is 44.2 Å². The normalized spacial score (nSPS) is 15.3. The lowest BCUT2D eigenvalue weighted by molar-refractivity contribution is -0.139. The molecule has 160 valence electrons. The monoisotopic (exact) mass is 411 g/mol. The molecule has 2 N–H and O–H groups in total. The number of amides is 1. The van der Waals surface area contributed by atoms with Crippen molar-refractivity contribution in [1.29, 1.82) is 0 Å². The highest BCUT2D eigenvalue weighted by atomic mass is 16.6. The van der Waals surface area contributed by atoms with Gasteiger partial charge in [0.2, 0.25) is 0 Å². The molecule has 0 saturated heterocycles. The molecule has 0 radical (unpaired) electrons. The number of hydrogen-bond donors (Lipinski definition) is 2. The Kier molecular flexibility index (Phi) is 6.98. The zero-order chi connectivity index (χ0) is 21.6. The van der Waals surface area contributed by atoms with Crippen LogP contribution in [0.2, 0.25) is 0 Å². The molecule has 2 aromatic carbocycles. The summed E-state index contributed by atoms with van der Waals surface area (Å²) >= 11 is 0. The Hall–Kier alpha value is -3.02. The van der Waals surface area contributed by atoms with E-state index in [4.69, 9.17) is 9.47 Å². The van der Waals surface area contributed by atoms with Gasteiger partial charge in [-0.25, -0.2) is 9.59 Å². The van der Waals surface area contributed by atoms with Gasteiger partial charge in [0.1, 0.15) is 24.0 Å². The van der Waals surface area contributed by atoms with Crippen LogP contribution in [0.4, 0.5) is 4.79 Å². The van der Waals surface area contributed by atoms with Gasteiger partial charge in [0.05, 0.1) is 0 Å². The van der Waals surface area contributed by atoms with Crippen molar-refractivity contribution >= 4 is 12.1 Å². The Bertz CT molecular complexity index is 861. The third kappa shape index (κ3) is 6.51. The Morgan fingerprint density at radius 1 is 1.07 bits per heavy atom. The number of ether oxygens (including phenoxy) is 2. The number of carbonyl (C=O) groups excluding carboxylic acids is 1. The van der Waals surface area contributed by atoms with Gasteiger partial charge >= 0.3 is 12.1 Å². The molecule has 6 nitrogen and oxygen atoms in total. The first-order valence-corrected chi connectivity index (χ1v) is 10.3. The van der Waals surface area contributed by atoms with Crippen LogP contribution in [-0.4, -0.2) is 28.8 Å². The summed E-state index contributed by atoms with van der Waals surface area (Å²) < 4.78 is 11.5. The van der Waals surface area contributed by atoms with Crippen molar-refractivity contribution < 1.29 is 24.2 Å². The van der Waals surface area contributed by atoms with Crippen molar-refractivity contribution in [2.75, 3.05) is 0 Å². The van der Waals surface area contributed by atoms with Gasteiger partial charge in [-0.05, 0) is 48.4 Å². The summed E-state index contributed by atoms with van der Waals surface area (Å²) in [6.07, 6.45) is 1.79. The summed E-state index contributed by atoms with van der Waals surface area (Å²) in [7, 11) is 0. The molecule has 2 aromatic rings. The zero-order valence-electron chi connectivity index (χ0n) is 17.5. The molecule has 1 aliphatic rings. The molecule has 3 rings (SSSR count). The number of benzene rings is 2. The molecule has 0 bridgehead atoms. The molecule has 1 aliphatic carbocycles. The van der Waals surface area contributed by atoms with Gasteiger partial charge in [0.25, 0.3) is 0 Å². The third-order valence-electron chi connectivity index (χ3n) is 5.09. The molecular weight excluding hydrogens is 382 g/mol. The number of alkyl carbamates (subject to hydrolysis) is 1. The molecular formula is C24H29NO5. The lowest BCUT2D eigenvalue weighted by Gasteiger charge is -2.21. The Balaban J connectivity index is 1.55. The molecule has 0 aromatic heterocycles. The minimum Gasteiger partial charge on any atom is -0.489 e. The van der Waals surface area contributed by atoms with E-state index in [1.165, 1.54) is 0 Å². The van der Waals surface area contributed by atoms with Gasteiger partial charge in [-0.2, -0.15) is 0 Å². The summed E-state index contributed by atoms with van der Waals surface area (Å²) in [5.74, 6) is -0.131. The number of rotatable bonds is 10. The van der Waals surface area contributed by atoms with Gasteiger partial charge in [-0.15, -0.1) is 0 Å². The van der Waals surface area contributed by atoms with E-state index in [1.54, 1.807) is 0 Å². The molecule has 1 amide bonds. The van der Waals surface area contributed by atoms with E-state index < -0.39 is 23.7 Å². The fraction of sp³-hybridized carbons (Fsp3) is 0.417. The molecule has 1 saturated carbocycles. The largest absolute Gasteiger partial charge is 0.489 e. The van der Waals surface area contributed by atoms with Crippen LogP contribution in [0.15, 0.2) is 54.6 Å². The highest BCUT2D eigenvalue weighted by molar-refractivity contribution is 5.80. The smallest absolute Gasteiger partial charge is 0.408 e. The van der Waals surface area contributed by atoms with Crippen LogP contribution in [0.5, 0.6) is 5.75 Å². The first-order chi connectivity index (χ1) is 14.3. The third-order valence-corrected chi connectivity index (χ3v) is 5.09. The van der Waals surface area contributed by atoms with Crippen LogP contribution in [0.25, 0.3) is 0 Å². The summed E-state index contributed by atoms with van der Waals surface area (Å²) in [5, 5.41) is 11.8. The van der Waals surface area contributed by atoms with Crippen LogP contribution in [0.3, 0.4) is 0 Å². The SMILES string of the molecule is CC(C)CC(NC(=O)OC1(Cc2cccc(OCc3ccccc3)c2)CC1)C(=O)O. The van der Waals surface area contributed by atoms with E-state index in [0.717, 1.165) is 29.7 Å². The highest BCUT2D eigenvalue weighted by Gasteiger charge is 2.47. The van der Waals surface area contributed by atoms with E-state index in [0.29, 0.717) is 19.4 Å². The van der Waals surface area contributed by atoms with Gasteiger partial charge in [-0.1, -0.05) is 56.3 Å². The number of hydrogen-bond acceptors (Lipinski definition) is 4. The fourth-order valence-electron chi connectivity index (χ4n) is 3.37.